The molecule has 0 spiro atoms. The molecule has 4 unspecified atom stereocenters. The summed E-state index contributed by atoms with van der Waals surface area (Å²) in [5.74, 6) is 0.990. The van der Waals surface area contributed by atoms with Crippen LogP contribution in [0.15, 0.2) is 17.5 Å². The molecule has 1 aromatic rings. The monoisotopic (exact) mass is 308 g/mol. The Hall–Kier alpha value is -0.910. The summed E-state index contributed by atoms with van der Waals surface area (Å²) >= 11 is 1.71. The van der Waals surface area contributed by atoms with Gasteiger partial charge in [-0.2, -0.15) is 0 Å². The standard InChI is InChI=1S/C16H24N2O2S/c1-10(2)14-16(19)18(11(3)12-6-7-20-9-12)15(17-14)13-5-4-8-21-13/h4-5,8,10-12,14-15,17H,6-7,9H2,1-3H3. The number of hydrogen-bond acceptors (Lipinski definition) is 4. The van der Waals surface area contributed by atoms with E-state index in [-0.39, 0.29) is 24.2 Å². The molecule has 0 aliphatic carbocycles. The highest BCUT2D eigenvalue weighted by Crippen LogP contribution is 2.35. The number of ether oxygens (including phenoxy) is 1. The van der Waals surface area contributed by atoms with Crippen LogP contribution >= 0.6 is 11.3 Å². The first-order chi connectivity index (χ1) is 10.1. The van der Waals surface area contributed by atoms with Crippen LogP contribution in [0, 0.1) is 11.8 Å². The Bertz CT molecular complexity index is 482. The Morgan fingerprint density at radius 1 is 1.43 bits per heavy atom. The van der Waals surface area contributed by atoms with Crippen LogP contribution < -0.4 is 5.32 Å². The van der Waals surface area contributed by atoms with Crippen LogP contribution in [-0.2, 0) is 9.53 Å². The lowest BCUT2D eigenvalue weighted by atomic mass is 9.97. The van der Waals surface area contributed by atoms with E-state index in [2.05, 4.69) is 48.5 Å². The van der Waals surface area contributed by atoms with Crippen molar-refractivity contribution in [2.24, 2.45) is 11.8 Å². The van der Waals surface area contributed by atoms with Crippen LogP contribution in [-0.4, -0.2) is 36.1 Å². The van der Waals surface area contributed by atoms with Gasteiger partial charge in [0, 0.05) is 23.4 Å². The SMILES string of the molecule is CC(C)C1NC(c2cccs2)N(C(C)C2CCOC2)C1=O. The summed E-state index contributed by atoms with van der Waals surface area (Å²) < 4.78 is 5.52. The predicted octanol–water partition coefficient (Wildman–Crippen LogP) is 2.63. The van der Waals surface area contributed by atoms with Gasteiger partial charge in [0.2, 0.25) is 5.91 Å². The normalized spacial score (nSPS) is 31.3. The molecule has 0 bridgehead atoms. The molecule has 21 heavy (non-hydrogen) atoms. The van der Waals surface area contributed by atoms with E-state index in [1.165, 1.54) is 4.88 Å². The minimum atomic E-state index is -0.0816. The quantitative estimate of drug-likeness (QED) is 0.929. The smallest absolute Gasteiger partial charge is 0.241 e. The Morgan fingerprint density at radius 2 is 2.24 bits per heavy atom. The molecule has 4 nitrogen and oxygen atoms in total. The second kappa shape index (κ2) is 6.07. The number of hydrogen-bond donors (Lipinski definition) is 1. The van der Waals surface area contributed by atoms with Crippen molar-refractivity contribution in [3.05, 3.63) is 22.4 Å². The Labute approximate surface area is 130 Å². The van der Waals surface area contributed by atoms with Crippen molar-refractivity contribution < 1.29 is 9.53 Å². The van der Waals surface area contributed by atoms with Crippen LogP contribution in [0.3, 0.4) is 0 Å². The van der Waals surface area contributed by atoms with Gasteiger partial charge in [0.25, 0.3) is 0 Å². The van der Waals surface area contributed by atoms with Gasteiger partial charge in [-0.25, -0.2) is 0 Å². The molecule has 1 aromatic heterocycles. The summed E-state index contributed by atoms with van der Waals surface area (Å²) in [5, 5.41) is 5.62. The van der Waals surface area contributed by atoms with Crippen molar-refractivity contribution >= 4 is 17.2 Å². The first-order valence-corrected chi connectivity index (χ1v) is 8.67. The van der Waals surface area contributed by atoms with E-state index in [1.807, 2.05) is 0 Å². The molecule has 1 N–H and O–H groups in total. The van der Waals surface area contributed by atoms with Gasteiger partial charge in [-0.3, -0.25) is 10.1 Å². The van der Waals surface area contributed by atoms with Crippen molar-refractivity contribution in [2.45, 2.75) is 45.4 Å². The van der Waals surface area contributed by atoms with E-state index in [1.54, 1.807) is 11.3 Å². The lowest BCUT2D eigenvalue weighted by molar-refractivity contribution is -0.133. The van der Waals surface area contributed by atoms with E-state index >= 15 is 0 Å². The second-order valence-electron chi connectivity index (χ2n) is 6.42. The van der Waals surface area contributed by atoms with Crippen LogP contribution in [0.1, 0.15) is 38.2 Å². The largest absolute Gasteiger partial charge is 0.381 e. The zero-order valence-electron chi connectivity index (χ0n) is 12.9. The molecule has 1 amide bonds. The van der Waals surface area contributed by atoms with Gasteiger partial charge in [-0.15, -0.1) is 11.3 Å². The minimum absolute atomic E-state index is 0.0144. The predicted molar refractivity (Wildman–Crippen MR) is 84.1 cm³/mol. The highest BCUT2D eigenvalue weighted by Gasteiger charge is 2.45. The van der Waals surface area contributed by atoms with Gasteiger partial charge in [0.05, 0.1) is 12.6 Å². The van der Waals surface area contributed by atoms with Crippen LogP contribution in [0.5, 0.6) is 0 Å². The molecular weight excluding hydrogens is 284 g/mol. The second-order valence-corrected chi connectivity index (χ2v) is 7.40. The summed E-state index contributed by atoms with van der Waals surface area (Å²) in [6.45, 7) is 7.97. The van der Waals surface area contributed by atoms with Gasteiger partial charge in [-0.05, 0) is 30.7 Å². The Morgan fingerprint density at radius 3 is 2.81 bits per heavy atom. The van der Waals surface area contributed by atoms with Gasteiger partial charge in [-0.1, -0.05) is 19.9 Å². The topological polar surface area (TPSA) is 41.6 Å². The molecule has 116 valence electrons. The van der Waals surface area contributed by atoms with Crippen molar-refractivity contribution in [3.63, 3.8) is 0 Å². The molecule has 0 saturated carbocycles. The number of thiophene rings is 1. The van der Waals surface area contributed by atoms with Crippen molar-refractivity contribution in [3.8, 4) is 0 Å². The van der Waals surface area contributed by atoms with Crippen LogP contribution in [0.25, 0.3) is 0 Å². The fourth-order valence-electron chi connectivity index (χ4n) is 3.35. The zero-order valence-corrected chi connectivity index (χ0v) is 13.7. The molecule has 5 heteroatoms. The van der Waals surface area contributed by atoms with Crippen molar-refractivity contribution in [1.82, 2.24) is 10.2 Å². The Balaban J connectivity index is 1.87. The molecule has 3 rings (SSSR count). The van der Waals surface area contributed by atoms with E-state index in [4.69, 9.17) is 4.74 Å². The average Bonchev–Trinajstić information content (AvgIpc) is 3.18. The number of carbonyl (C=O) groups is 1. The summed E-state index contributed by atoms with van der Waals surface area (Å²) in [4.78, 5) is 16.2. The van der Waals surface area contributed by atoms with E-state index < -0.39 is 0 Å². The first kappa shape index (κ1) is 15.0. The molecular formula is C16H24N2O2S. The third-order valence-electron chi connectivity index (χ3n) is 4.70. The molecule has 2 fully saturated rings. The number of amides is 1. The van der Waals surface area contributed by atoms with E-state index in [9.17, 15) is 4.79 Å². The molecule has 2 saturated heterocycles. The summed E-state index contributed by atoms with van der Waals surface area (Å²) in [5.41, 5.74) is 0. The maximum Gasteiger partial charge on any atom is 0.241 e. The summed E-state index contributed by atoms with van der Waals surface area (Å²) in [6, 6.07) is 4.30. The zero-order chi connectivity index (χ0) is 15.0. The molecule has 4 atom stereocenters. The minimum Gasteiger partial charge on any atom is -0.381 e. The number of nitrogens with zero attached hydrogens (tertiary/aromatic N) is 1. The van der Waals surface area contributed by atoms with Crippen molar-refractivity contribution in [1.29, 1.82) is 0 Å². The maximum atomic E-state index is 12.9. The van der Waals surface area contributed by atoms with Crippen molar-refractivity contribution in [2.75, 3.05) is 13.2 Å². The Kier molecular flexibility index (Phi) is 4.33. The fraction of sp³-hybridized carbons (Fsp3) is 0.688. The molecule has 0 radical (unpaired) electrons. The van der Waals surface area contributed by atoms with Gasteiger partial charge in [0.1, 0.15) is 6.17 Å². The average molecular weight is 308 g/mol. The highest BCUT2D eigenvalue weighted by atomic mass is 32.1. The fourth-order valence-corrected chi connectivity index (χ4v) is 4.13. The lowest BCUT2D eigenvalue weighted by Crippen LogP contribution is -2.43. The van der Waals surface area contributed by atoms with Crippen LogP contribution in [0.4, 0.5) is 0 Å². The van der Waals surface area contributed by atoms with Gasteiger partial charge in [0.15, 0.2) is 0 Å². The highest BCUT2D eigenvalue weighted by molar-refractivity contribution is 7.10. The number of rotatable bonds is 4. The molecule has 3 heterocycles. The van der Waals surface area contributed by atoms with Crippen LogP contribution in [0.2, 0.25) is 0 Å². The summed E-state index contributed by atoms with van der Waals surface area (Å²) in [7, 11) is 0. The van der Waals surface area contributed by atoms with E-state index in [0.717, 1.165) is 19.6 Å². The third kappa shape index (κ3) is 2.74. The molecule has 0 aromatic carbocycles. The first-order valence-electron chi connectivity index (χ1n) is 7.79. The number of nitrogens with one attached hydrogen (secondary N) is 1. The number of carbonyl (C=O) groups excluding carboxylic acids is 1. The molecule has 2 aliphatic rings. The lowest BCUT2D eigenvalue weighted by Gasteiger charge is -2.33. The third-order valence-corrected chi connectivity index (χ3v) is 5.63. The van der Waals surface area contributed by atoms with E-state index in [0.29, 0.717) is 11.8 Å². The van der Waals surface area contributed by atoms with Gasteiger partial charge < -0.3 is 9.64 Å². The summed E-state index contributed by atoms with van der Waals surface area (Å²) in [6.07, 6.45) is 1.06. The maximum absolute atomic E-state index is 12.9. The van der Waals surface area contributed by atoms with Gasteiger partial charge >= 0.3 is 0 Å². The molecule has 2 aliphatic heterocycles.